The van der Waals surface area contributed by atoms with Crippen LogP contribution in [0.3, 0.4) is 0 Å². The molecule has 1 aliphatic heterocycles. The van der Waals surface area contributed by atoms with Crippen molar-refractivity contribution in [3.8, 4) is 0 Å². The molecule has 3 heteroatoms. The van der Waals surface area contributed by atoms with Crippen LogP contribution in [0.15, 0.2) is 18.2 Å². The number of rotatable bonds is 3. The first-order valence-corrected chi connectivity index (χ1v) is 7.55. The fourth-order valence-corrected chi connectivity index (χ4v) is 3.21. The van der Waals surface area contributed by atoms with Gasteiger partial charge in [0, 0.05) is 24.8 Å². The number of nitrogens with zero attached hydrogens (tertiary/aromatic N) is 1. The van der Waals surface area contributed by atoms with Gasteiger partial charge in [-0.05, 0) is 58.2 Å². The molecule has 112 valence electrons. The van der Waals surface area contributed by atoms with Crippen LogP contribution in [0.4, 0.5) is 5.69 Å². The number of hydrogen-bond acceptors (Lipinski definition) is 3. The van der Waals surface area contributed by atoms with E-state index in [-0.39, 0.29) is 17.7 Å². The molecule has 1 fully saturated rings. The number of anilines is 1. The smallest absolute Gasteiger partial charge is 0.0805 e. The first-order valence-electron chi connectivity index (χ1n) is 7.55. The summed E-state index contributed by atoms with van der Waals surface area (Å²) >= 11 is 0. The standard InChI is InChI=1S/C17H28N2O/c1-12-8-15(9-13(2)18)6-7-16(12)19-10-14(3)20-17(4,5)11-19/h6-8,13-14H,9-11,18H2,1-5H3. The number of morpholine rings is 1. The molecule has 1 saturated heterocycles. The van der Waals surface area contributed by atoms with Gasteiger partial charge in [0.05, 0.1) is 11.7 Å². The number of ether oxygens (including phenoxy) is 1. The maximum atomic E-state index is 5.98. The first-order chi connectivity index (χ1) is 9.27. The van der Waals surface area contributed by atoms with Gasteiger partial charge in [-0.15, -0.1) is 0 Å². The highest BCUT2D eigenvalue weighted by molar-refractivity contribution is 5.55. The van der Waals surface area contributed by atoms with Crippen molar-refractivity contribution in [3.63, 3.8) is 0 Å². The van der Waals surface area contributed by atoms with Gasteiger partial charge in [-0.3, -0.25) is 0 Å². The summed E-state index contributed by atoms with van der Waals surface area (Å²) < 4.78 is 5.98. The predicted octanol–water partition coefficient (Wildman–Crippen LogP) is 2.89. The summed E-state index contributed by atoms with van der Waals surface area (Å²) in [6.07, 6.45) is 1.20. The van der Waals surface area contributed by atoms with E-state index < -0.39 is 0 Å². The Kier molecular flexibility index (Phi) is 4.40. The van der Waals surface area contributed by atoms with Crippen LogP contribution in [-0.4, -0.2) is 30.8 Å². The summed E-state index contributed by atoms with van der Waals surface area (Å²) in [6.45, 7) is 12.6. The average Bonchev–Trinajstić information content (AvgIpc) is 2.24. The number of aryl methyl sites for hydroxylation is 1. The Hall–Kier alpha value is -1.06. The molecule has 2 N–H and O–H groups in total. The molecule has 20 heavy (non-hydrogen) atoms. The molecule has 0 aliphatic carbocycles. The summed E-state index contributed by atoms with van der Waals surface area (Å²) in [5.74, 6) is 0. The zero-order chi connectivity index (χ0) is 14.9. The normalized spacial score (nSPS) is 23.7. The maximum absolute atomic E-state index is 5.98. The van der Waals surface area contributed by atoms with Crippen LogP contribution in [0.25, 0.3) is 0 Å². The lowest BCUT2D eigenvalue weighted by Crippen LogP contribution is -2.52. The second-order valence-corrected chi connectivity index (χ2v) is 6.87. The number of nitrogens with two attached hydrogens (primary N) is 1. The van der Waals surface area contributed by atoms with Crippen molar-refractivity contribution in [2.75, 3.05) is 18.0 Å². The molecule has 2 rings (SSSR count). The Bertz CT molecular complexity index is 468. The Morgan fingerprint density at radius 2 is 2.15 bits per heavy atom. The minimum Gasteiger partial charge on any atom is -0.369 e. The summed E-state index contributed by atoms with van der Waals surface area (Å²) in [7, 11) is 0. The first kappa shape index (κ1) is 15.3. The molecule has 0 saturated carbocycles. The van der Waals surface area contributed by atoms with Crippen molar-refractivity contribution in [2.45, 2.75) is 58.8 Å². The highest BCUT2D eigenvalue weighted by atomic mass is 16.5. The van der Waals surface area contributed by atoms with Crippen molar-refractivity contribution in [1.29, 1.82) is 0 Å². The van der Waals surface area contributed by atoms with E-state index in [1.165, 1.54) is 16.8 Å². The van der Waals surface area contributed by atoms with E-state index >= 15 is 0 Å². The zero-order valence-electron chi connectivity index (χ0n) is 13.4. The molecule has 0 spiro atoms. The van der Waals surface area contributed by atoms with Crippen molar-refractivity contribution in [3.05, 3.63) is 29.3 Å². The van der Waals surface area contributed by atoms with E-state index in [1.54, 1.807) is 0 Å². The monoisotopic (exact) mass is 276 g/mol. The van der Waals surface area contributed by atoms with E-state index in [1.807, 2.05) is 0 Å². The molecule has 3 nitrogen and oxygen atoms in total. The molecule has 1 heterocycles. The van der Waals surface area contributed by atoms with Crippen LogP contribution in [0.2, 0.25) is 0 Å². The molecular weight excluding hydrogens is 248 g/mol. The van der Waals surface area contributed by atoms with Crippen LogP contribution in [0.1, 0.15) is 38.8 Å². The second kappa shape index (κ2) is 5.74. The summed E-state index contributed by atoms with van der Waals surface area (Å²) in [5.41, 5.74) is 9.76. The Morgan fingerprint density at radius 1 is 1.45 bits per heavy atom. The molecule has 2 unspecified atom stereocenters. The summed E-state index contributed by atoms with van der Waals surface area (Å²) in [5, 5.41) is 0. The fraction of sp³-hybridized carbons (Fsp3) is 0.647. The Balaban J connectivity index is 2.20. The molecule has 2 atom stereocenters. The van der Waals surface area contributed by atoms with Gasteiger partial charge in [0.2, 0.25) is 0 Å². The van der Waals surface area contributed by atoms with E-state index in [0.29, 0.717) is 0 Å². The average molecular weight is 276 g/mol. The van der Waals surface area contributed by atoms with Gasteiger partial charge in [0.15, 0.2) is 0 Å². The van der Waals surface area contributed by atoms with Crippen molar-refractivity contribution < 1.29 is 4.74 Å². The third kappa shape index (κ3) is 3.74. The van der Waals surface area contributed by atoms with Gasteiger partial charge < -0.3 is 15.4 Å². The van der Waals surface area contributed by atoms with E-state index in [4.69, 9.17) is 10.5 Å². The van der Waals surface area contributed by atoms with Crippen LogP contribution in [-0.2, 0) is 11.2 Å². The van der Waals surface area contributed by atoms with Crippen molar-refractivity contribution >= 4 is 5.69 Å². The largest absolute Gasteiger partial charge is 0.369 e. The topological polar surface area (TPSA) is 38.5 Å². The molecule has 0 bridgehead atoms. The maximum Gasteiger partial charge on any atom is 0.0805 e. The second-order valence-electron chi connectivity index (χ2n) is 6.87. The van der Waals surface area contributed by atoms with Gasteiger partial charge in [-0.2, -0.15) is 0 Å². The van der Waals surface area contributed by atoms with Gasteiger partial charge in [0.25, 0.3) is 0 Å². The van der Waals surface area contributed by atoms with E-state index in [0.717, 1.165) is 19.5 Å². The highest BCUT2D eigenvalue weighted by Crippen LogP contribution is 2.29. The molecule has 1 aromatic rings. The van der Waals surface area contributed by atoms with Gasteiger partial charge in [-0.25, -0.2) is 0 Å². The van der Waals surface area contributed by atoms with Crippen LogP contribution >= 0.6 is 0 Å². The van der Waals surface area contributed by atoms with Crippen molar-refractivity contribution in [2.24, 2.45) is 5.73 Å². The fourth-order valence-electron chi connectivity index (χ4n) is 3.21. The van der Waals surface area contributed by atoms with Gasteiger partial charge >= 0.3 is 0 Å². The SMILES string of the molecule is Cc1cc(CC(C)N)ccc1N1CC(C)OC(C)(C)C1. The number of benzene rings is 1. The van der Waals surface area contributed by atoms with Gasteiger partial charge in [0.1, 0.15) is 0 Å². The lowest BCUT2D eigenvalue weighted by Gasteiger charge is -2.43. The molecular formula is C17H28N2O. The lowest BCUT2D eigenvalue weighted by molar-refractivity contribution is -0.0749. The molecule has 0 radical (unpaired) electrons. The van der Waals surface area contributed by atoms with Gasteiger partial charge in [-0.1, -0.05) is 12.1 Å². The van der Waals surface area contributed by atoms with Crippen LogP contribution in [0, 0.1) is 6.92 Å². The summed E-state index contributed by atoms with van der Waals surface area (Å²) in [4.78, 5) is 2.44. The van der Waals surface area contributed by atoms with E-state index in [2.05, 4.69) is 57.7 Å². The third-order valence-corrected chi connectivity index (χ3v) is 3.73. The number of hydrogen-bond donors (Lipinski definition) is 1. The van der Waals surface area contributed by atoms with Crippen molar-refractivity contribution in [1.82, 2.24) is 0 Å². The quantitative estimate of drug-likeness (QED) is 0.922. The Morgan fingerprint density at radius 3 is 2.70 bits per heavy atom. The molecule has 0 amide bonds. The van der Waals surface area contributed by atoms with Crippen LogP contribution < -0.4 is 10.6 Å². The predicted molar refractivity (Wildman–Crippen MR) is 85.4 cm³/mol. The Labute approximate surface area is 123 Å². The summed E-state index contributed by atoms with van der Waals surface area (Å²) in [6, 6.07) is 6.92. The minimum atomic E-state index is -0.0887. The third-order valence-electron chi connectivity index (χ3n) is 3.73. The molecule has 1 aromatic carbocycles. The van der Waals surface area contributed by atoms with Crippen LogP contribution in [0.5, 0.6) is 0 Å². The molecule has 1 aliphatic rings. The molecule has 0 aromatic heterocycles. The minimum absolute atomic E-state index is 0.0887. The lowest BCUT2D eigenvalue weighted by atomic mass is 10.0. The zero-order valence-corrected chi connectivity index (χ0v) is 13.4. The van der Waals surface area contributed by atoms with E-state index in [9.17, 15) is 0 Å². The highest BCUT2D eigenvalue weighted by Gasteiger charge is 2.31.